The van der Waals surface area contributed by atoms with E-state index in [2.05, 4.69) is 29.5 Å². The molecule has 0 spiro atoms. The second kappa shape index (κ2) is 5.32. The lowest BCUT2D eigenvalue weighted by Gasteiger charge is -1.95. The topological polar surface area (TPSA) is 36.7 Å². The molecular formula is C11H10N2S. The fourth-order valence-corrected chi connectivity index (χ4v) is 1.09. The minimum atomic E-state index is 0.463. The summed E-state index contributed by atoms with van der Waals surface area (Å²) in [5, 5.41) is 8.66. The van der Waals surface area contributed by atoms with Crippen LogP contribution in [-0.4, -0.2) is 10.7 Å². The molecule has 70 valence electrons. The van der Waals surface area contributed by atoms with E-state index in [1.54, 1.807) is 6.20 Å². The molecule has 0 aliphatic carbocycles. The molecule has 0 N–H and O–H groups in total. The summed E-state index contributed by atoms with van der Waals surface area (Å²) < 4.78 is 0. The van der Waals surface area contributed by atoms with Gasteiger partial charge in [-0.25, -0.2) is 4.98 Å². The Morgan fingerprint density at radius 1 is 1.57 bits per heavy atom. The number of thiol groups is 1. The molecule has 2 nitrogen and oxygen atoms in total. The molecule has 0 atom stereocenters. The maximum Gasteiger partial charge on any atom is 0.143 e. The van der Waals surface area contributed by atoms with Crippen LogP contribution in [0.2, 0.25) is 0 Å². The van der Waals surface area contributed by atoms with Crippen molar-refractivity contribution < 1.29 is 0 Å². The smallest absolute Gasteiger partial charge is 0.143 e. The van der Waals surface area contributed by atoms with Crippen molar-refractivity contribution in [2.75, 3.05) is 5.75 Å². The van der Waals surface area contributed by atoms with Gasteiger partial charge in [-0.05, 0) is 18.6 Å². The van der Waals surface area contributed by atoms with Crippen LogP contribution in [0.1, 0.15) is 23.2 Å². The van der Waals surface area contributed by atoms with Gasteiger partial charge in [0.05, 0.1) is 0 Å². The van der Waals surface area contributed by atoms with Crippen LogP contribution in [0.5, 0.6) is 0 Å². The number of hydrogen-bond donors (Lipinski definition) is 1. The molecule has 0 radical (unpaired) electrons. The summed E-state index contributed by atoms with van der Waals surface area (Å²) in [4.78, 5) is 3.99. The highest BCUT2D eigenvalue weighted by Crippen LogP contribution is 2.05. The first-order chi connectivity index (χ1) is 6.77. The Morgan fingerprint density at radius 2 is 2.36 bits per heavy atom. The summed E-state index contributed by atoms with van der Waals surface area (Å²) in [6, 6.07) is 3.89. The Hall–Kier alpha value is -1.45. The minimum absolute atomic E-state index is 0.463. The van der Waals surface area contributed by atoms with Gasteiger partial charge in [-0.1, -0.05) is 11.8 Å². The standard InChI is InChI=1S/C11H10N2S/c1-9-6-10(4-2-3-5-14)8-13-11(9)7-12/h6,8,14H,3,5H2,1H3. The third-order valence-electron chi connectivity index (χ3n) is 1.65. The molecule has 1 heterocycles. The number of hydrogen-bond acceptors (Lipinski definition) is 3. The molecule has 1 rings (SSSR count). The van der Waals surface area contributed by atoms with Crippen LogP contribution in [0, 0.1) is 30.1 Å². The van der Waals surface area contributed by atoms with Crippen molar-refractivity contribution in [2.24, 2.45) is 0 Å². The van der Waals surface area contributed by atoms with Crippen LogP contribution in [0.3, 0.4) is 0 Å². The van der Waals surface area contributed by atoms with E-state index in [9.17, 15) is 0 Å². The van der Waals surface area contributed by atoms with Gasteiger partial charge < -0.3 is 0 Å². The highest BCUT2D eigenvalue weighted by atomic mass is 32.1. The van der Waals surface area contributed by atoms with Gasteiger partial charge in [0.2, 0.25) is 0 Å². The lowest BCUT2D eigenvalue weighted by molar-refractivity contribution is 1.20. The SMILES string of the molecule is Cc1cc(C#CCCS)cnc1C#N. The van der Waals surface area contributed by atoms with Gasteiger partial charge in [0, 0.05) is 23.9 Å². The number of nitrogens with zero attached hydrogens (tertiary/aromatic N) is 2. The van der Waals surface area contributed by atoms with Crippen molar-refractivity contribution >= 4 is 12.6 Å². The third kappa shape index (κ3) is 2.80. The molecule has 0 unspecified atom stereocenters. The van der Waals surface area contributed by atoms with Gasteiger partial charge in [0.15, 0.2) is 0 Å². The molecule has 1 aromatic rings. The Kier molecular flexibility index (Phi) is 4.04. The molecule has 1 aromatic heterocycles. The van der Waals surface area contributed by atoms with E-state index in [1.165, 1.54) is 0 Å². The van der Waals surface area contributed by atoms with Crippen molar-refractivity contribution in [1.29, 1.82) is 5.26 Å². The number of aryl methyl sites for hydroxylation is 1. The maximum atomic E-state index is 8.66. The Morgan fingerprint density at radius 3 is 2.93 bits per heavy atom. The van der Waals surface area contributed by atoms with Gasteiger partial charge in [0.1, 0.15) is 11.8 Å². The predicted molar refractivity (Wildman–Crippen MR) is 59.0 cm³/mol. The minimum Gasteiger partial charge on any atom is -0.244 e. The van der Waals surface area contributed by atoms with E-state index >= 15 is 0 Å². The highest BCUT2D eigenvalue weighted by Gasteiger charge is 1.97. The first-order valence-corrected chi connectivity index (χ1v) is 4.87. The molecule has 0 fully saturated rings. The number of nitriles is 1. The maximum absolute atomic E-state index is 8.66. The lowest BCUT2D eigenvalue weighted by Crippen LogP contribution is -1.89. The molecular weight excluding hydrogens is 192 g/mol. The molecule has 0 aromatic carbocycles. The average Bonchev–Trinajstić information content (AvgIpc) is 2.18. The zero-order valence-corrected chi connectivity index (χ0v) is 8.80. The van der Waals surface area contributed by atoms with Crippen molar-refractivity contribution in [3.05, 3.63) is 29.1 Å². The summed E-state index contributed by atoms with van der Waals surface area (Å²) in [6.45, 7) is 1.86. The van der Waals surface area contributed by atoms with Crippen LogP contribution >= 0.6 is 12.6 Å². The van der Waals surface area contributed by atoms with Gasteiger partial charge in [0.25, 0.3) is 0 Å². The predicted octanol–water partition coefficient (Wildman–Crippen LogP) is 1.93. The summed E-state index contributed by atoms with van der Waals surface area (Å²) in [5.41, 5.74) is 2.18. The summed E-state index contributed by atoms with van der Waals surface area (Å²) in [6.07, 6.45) is 2.39. The number of pyridine rings is 1. The van der Waals surface area contributed by atoms with E-state index < -0.39 is 0 Å². The van der Waals surface area contributed by atoms with Crippen LogP contribution < -0.4 is 0 Å². The zero-order chi connectivity index (χ0) is 10.4. The third-order valence-corrected chi connectivity index (χ3v) is 1.88. The molecule has 3 heteroatoms. The Balaban J connectivity index is 2.89. The van der Waals surface area contributed by atoms with E-state index in [-0.39, 0.29) is 0 Å². The molecule has 0 saturated carbocycles. The van der Waals surface area contributed by atoms with Crippen molar-refractivity contribution in [1.82, 2.24) is 4.98 Å². The number of rotatable bonds is 1. The van der Waals surface area contributed by atoms with E-state index in [4.69, 9.17) is 5.26 Å². The van der Waals surface area contributed by atoms with Crippen LogP contribution in [0.25, 0.3) is 0 Å². The van der Waals surface area contributed by atoms with Gasteiger partial charge in [-0.3, -0.25) is 0 Å². The Labute approximate surface area is 89.4 Å². The first-order valence-electron chi connectivity index (χ1n) is 4.24. The van der Waals surface area contributed by atoms with Crippen molar-refractivity contribution in [3.8, 4) is 17.9 Å². The van der Waals surface area contributed by atoms with E-state index in [0.717, 1.165) is 23.3 Å². The van der Waals surface area contributed by atoms with E-state index in [1.807, 2.05) is 19.1 Å². The summed E-state index contributed by atoms with van der Waals surface area (Å²) >= 11 is 4.06. The van der Waals surface area contributed by atoms with Crippen molar-refractivity contribution in [2.45, 2.75) is 13.3 Å². The summed E-state index contributed by atoms with van der Waals surface area (Å²) in [7, 11) is 0. The lowest BCUT2D eigenvalue weighted by atomic mass is 10.1. The number of aromatic nitrogens is 1. The largest absolute Gasteiger partial charge is 0.244 e. The quantitative estimate of drug-likeness (QED) is 0.558. The fraction of sp³-hybridized carbons (Fsp3) is 0.273. The van der Waals surface area contributed by atoms with Gasteiger partial charge >= 0.3 is 0 Å². The van der Waals surface area contributed by atoms with E-state index in [0.29, 0.717) is 5.69 Å². The average molecular weight is 202 g/mol. The van der Waals surface area contributed by atoms with Crippen LogP contribution in [0.15, 0.2) is 12.3 Å². The monoisotopic (exact) mass is 202 g/mol. The second-order valence-corrected chi connectivity index (χ2v) is 3.22. The molecule has 0 saturated heterocycles. The molecule has 0 bridgehead atoms. The molecule has 0 amide bonds. The molecule has 14 heavy (non-hydrogen) atoms. The normalized spacial score (nSPS) is 8.64. The van der Waals surface area contributed by atoms with Crippen LogP contribution in [-0.2, 0) is 0 Å². The summed E-state index contributed by atoms with van der Waals surface area (Å²) in [5.74, 6) is 6.69. The van der Waals surface area contributed by atoms with Gasteiger partial charge in [-0.2, -0.15) is 17.9 Å². The Bertz CT molecular complexity index is 421. The van der Waals surface area contributed by atoms with Crippen molar-refractivity contribution in [3.63, 3.8) is 0 Å². The van der Waals surface area contributed by atoms with Crippen LogP contribution in [0.4, 0.5) is 0 Å². The zero-order valence-electron chi connectivity index (χ0n) is 7.91. The first kappa shape index (κ1) is 10.6. The van der Waals surface area contributed by atoms with Gasteiger partial charge in [-0.15, -0.1) is 0 Å². The highest BCUT2D eigenvalue weighted by molar-refractivity contribution is 7.80. The molecule has 0 aliphatic rings. The fourth-order valence-electron chi connectivity index (χ4n) is 0.981. The second-order valence-electron chi connectivity index (χ2n) is 2.78. The molecule has 0 aliphatic heterocycles.